The van der Waals surface area contributed by atoms with Crippen molar-refractivity contribution < 1.29 is 18.3 Å². The minimum Gasteiger partial charge on any atom is -0.472 e. The summed E-state index contributed by atoms with van der Waals surface area (Å²) in [7, 11) is -0.876. The molecule has 1 heterocycles. The molecule has 0 saturated heterocycles. The Morgan fingerprint density at radius 1 is 1.56 bits per heavy atom. The topological polar surface area (TPSA) is 92.5 Å². The van der Waals surface area contributed by atoms with Gasteiger partial charge >= 0.3 is 16.2 Å². The van der Waals surface area contributed by atoms with Crippen LogP contribution in [0.2, 0.25) is 0 Å². The fourth-order valence-corrected chi connectivity index (χ4v) is 1.58. The number of hydrogen-bond donors (Lipinski definition) is 1. The second kappa shape index (κ2) is 4.34. The summed E-state index contributed by atoms with van der Waals surface area (Å²) in [4.78, 5) is 13.8. The summed E-state index contributed by atoms with van der Waals surface area (Å²) in [6, 6.07) is 0. The van der Waals surface area contributed by atoms with Crippen LogP contribution in [-0.2, 0) is 15.0 Å². The second-order valence-electron chi connectivity index (χ2n) is 2.93. The summed E-state index contributed by atoms with van der Waals surface area (Å²) in [5, 5.41) is 8.30. The highest BCUT2D eigenvalue weighted by molar-refractivity contribution is 7.87. The van der Waals surface area contributed by atoms with Crippen LogP contribution in [0.3, 0.4) is 0 Å². The summed E-state index contributed by atoms with van der Waals surface area (Å²) < 4.78 is 25.0. The van der Waals surface area contributed by atoms with Crippen molar-refractivity contribution >= 4 is 16.2 Å². The number of imidazole rings is 1. The van der Waals surface area contributed by atoms with E-state index in [0.29, 0.717) is 0 Å². The number of aliphatic carboxylic acids is 1. The Balaban J connectivity index is 3.07. The molecule has 86 valence electrons. The zero-order valence-corrected chi connectivity index (χ0v) is 9.39. The first-order chi connectivity index (χ1) is 7.34. The number of carboxylic acid groups (broad SMARTS) is 1. The number of hydrogen-bond acceptors (Lipinski definition) is 4. The number of nitrogens with zero attached hydrogens (tertiary/aromatic N) is 3. The van der Waals surface area contributed by atoms with Gasteiger partial charge in [-0.3, -0.25) is 0 Å². The molecule has 0 fully saturated rings. The van der Waals surface area contributed by atoms with Crippen molar-refractivity contribution in [3.63, 3.8) is 0 Å². The lowest BCUT2D eigenvalue weighted by molar-refractivity contribution is -0.130. The van der Waals surface area contributed by atoms with E-state index >= 15 is 0 Å². The maximum atomic E-state index is 11.6. The van der Waals surface area contributed by atoms with E-state index in [0.717, 1.165) is 20.8 Å². The van der Waals surface area contributed by atoms with Crippen LogP contribution in [0, 0.1) is 11.8 Å². The zero-order chi connectivity index (χ0) is 12.3. The first kappa shape index (κ1) is 12.2. The predicted molar refractivity (Wildman–Crippen MR) is 54.7 cm³/mol. The van der Waals surface area contributed by atoms with Crippen molar-refractivity contribution in [1.29, 1.82) is 0 Å². The summed E-state index contributed by atoms with van der Waals surface area (Å²) in [6.07, 6.45) is 2.20. The van der Waals surface area contributed by atoms with E-state index in [4.69, 9.17) is 5.11 Å². The molecule has 0 aliphatic carbocycles. The summed E-state index contributed by atoms with van der Waals surface area (Å²) in [6.45, 7) is 0. The van der Waals surface area contributed by atoms with Gasteiger partial charge in [0.15, 0.2) is 0 Å². The molecule has 0 saturated carbocycles. The Labute approximate surface area is 92.5 Å². The van der Waals surface area contributed by atoms with Gasteiger partial charge in [0.1, 0.15) is 12.0 Å². The third-order valence-electron chi connectivity index (χ3n) is 1.59. The minimum absolute atomic E-state index is 0.0767. The number of rotatable bonds is 2. The monoisotopic (exact) mass is 243 g/mol. The highest BCUT2D eigenvalue weighted by atomic mass is 32.2. The fraction of sp³-hybridized carbons (Fsp3) is 0.250. The normalized spacial score (nSPS) is 10.9. The molecule has 1 aromatic rings. The first-order valence-electron chi connectivity index (χ1n) is 4.06. The molecule has 0 aliphatic rings. The second-order valence-corrected chi connectivity index (χ2v) is 4.98. The molecular formula is C8H9N3O4S. The molecule has 7 nitrogen and oxygen atoms in total. The maximum Gasteiger partial charge on any atom is 0.382 e. The van der Waals surface area contributed by atoms with E-state index in [1.54, 1.807) is 0 Å². The quantitative estimate of drug-likeness (QED) is 0.671. The third kappa shape index (κ3) is 2.59. The maximum absolute atomic E-state index is 11.6. The lowest BCUT2D eigenvalue weighted by Crippen LogP contribution is -2.27. The van der Waals surface area contributed by atoms with Crippen molar-refractivity contribution in [3.05, 3.63) is 18.2 Å². The Hall–Kier alpha value is -1.85. The molecule has 0 unspecified atom stereocenters. The number of carboxylic acids is 1. The summed E-state index contributed by atoms with van der Waals surface area (Å²) >= 11 is 0. The molecule has 1 aromatic heterocycles. The Kier molecular flexibility index (Phi) is 3.31. The van der Waals surface area contributed by atoms with Gasteiger partial charge in [-0.05, 0) is 5.92 Å². The molecule has 0 bridgehead atoms. The van der Waals surface area contributed by atoms with Crippen molar-refractivity contribution in [3.8, 4) is 11.8 Å². The molecule has 0 atom stereocenters. The van der Waals surface area contributed by atoms with Crippen LogP contribution in [0.1, 0.15) is 5.69 Å². The van der Waals surface area contributed by atoms with Crippen molar-refractivity contribution in [2.75, 3.05) is 14.1 Å². The molecule has 0 spiro atoms. The lowest BCUT2D eigenvalue weighted by Gasteiger charge is -2.10. The van der Waals surface area contributed by atoms with Gasteiger partial charge in [-0.15, -0.1) is 0 Å². The van der Waals surface area contributed by atoms with Crippen molar-refractivity contribution in [2.24, 2.45) is 0 Å². The number of aromatic nitrogens is 2. The molecule has 16 heavy (non-hydrogen) atoms. The zero-order valence-electron chi connectivity index (χ0n) is 8.58. The average molecular weight is 243 g/mol. The molecule has 0 radical (unpaired) electrons. The van der Waals surface area contributed by atoms with E-state index in [-0.39, 0.29) is 5.69 Å². The van der Waals surface area contributed by atoms with Gasteiger partial charge in [0, 0.05) is 20.0 Å². The molecule has 0 amide bonds. The van der Waals surface area contributed by atoms with Crippen LogP contribution in [-0.4, -0.2) is 46.9 Å². The van der Waals surface area contributed by atoms with Gasteiger partial charge < -0.3 is 5.11 Å². The highest BCUT2D eigenvalue weighted by Crippen LogP contribution is 2.02. The lowest BCUT2D eigenvalue weighted by atomic mass is 10.5. The van der Waals surface area contributed by atoms with E-state index in [2.05, 4.69) is 10.9 Å². The average Bonchev–Trinajstić information content (AvgIpc) is 2.63. The van der Waals surface area contributed by atoms with E-state index in [9.17, 15) is 13.2 Å². The van der Waals surface area contributed by atoms with Crippen LogP contribution in [0.4, 0.5) is 0 Å². The van der Waals surface area contributed by atoms with Gasteiger partial charge in [-0.1, -0.05) is 0 Å². The third-order valence-corrected chi connectivity index (χ3v) is 3.24. The Bertz CT molecular complexity index is 562. The van der Waals surface area contributed by atoms with Crippen LogP contribution >= 0.6 is 0 Å². The Morgan fingerprint density at radius 3 is 2.69 bits per heavy atom. The van der Waals surface area contributed by atoms with Crippen LogP contribution in [0.5, 0.6) is 0 Å². The van der Waals surface area contributed by atoms with E-state index in [1.807, 2.05) is 5.92 Å². The largest absolute Gasteiger partial charge is 0.472 e. The van der Waals surface area contributed by atoms with E-state index in [1.165, 1.54) is 14.1 Å². The standard InChI is InChI=1S/C8H9N3O4S/c1-10(2)16(14,15)11-5-7(9-6-11)3-4-8(12)13/h5-6H,1-2H3,(H,12,13). The van der Waals surface area contributed by atoms with Gasteiger partial charge in [0.25, 0.3) is 0 Å². The molecule has 1 rings (SSSR count). The summed E-state index contributed by atoms with van der Waals surface area (Å²) in [5.74, 6) is 2.75. The predicted octanol–water partition coefficient (Wildman–Crippen LogP) is -1.03. The molecular weight excluding hydrogens is 234 g/mol. The first-order valence-corrected chi connectivity index (χ1v) is 5.45. The summed E-state index contributed by atoms with van der Waals surface area (Å²) in [5.41, 5.74) is 0.0767. The smallest absolute Gasteiger partial charge is 0.382 e. The molecule has 0 aromatic carbocycles. The number of carbonyl (C=O) groups is 1. The van der Waals surface area contributed by atoms with Gasteiger partial charge in [-0.2, -0.15) is 12.7 Å². The van der Waals surface area contributed by atoms with Crippen LogP contribution < -0.4 is 0 Å². The molecule has 1 N–H and O–H groups in total. The Morgan fingerprint density at radius 2 is 2.19 bits per heavy atom. The molecule has 0 aliphatic heterocycles. The van der Waals surface area contributed by atoms with Crippen molar-refractivity contribution in [2.45, 2.75) is 0 Å². The van der Waals surface area contributed by atoms with E-state index < -0.39 is 16.2 Å². The minimum atomic E-state index is -3.62. The van der Waals surface area contributed by atoms with Gasteiger partial charge in [0.2, 0.25) is 0 Å². The van der Waals surface area contributed by atoms with Crippen molar-refractivity contribution in [1.82, 2.24) is 13.3 Å². The SMILES string of the molecule is CN(C)S(=O)(=O)n1cnc(C#CC(=O)O)c1. The van der Waals surface area contributed by atoms with Gasteiger partial charge in [-0.25, -0.2) is 13.8 Å². The highest BCUT2D eigenvalue weighted by Gasteiger charge is 2.15. The van der Waals surface area contributed by atoms with Crippen LogP contribution in [0.25, 0.3) is 0 Å². The molecule has 8 heteroatoms. The van der Waals surface area contributed by atoms with Gasteiger partial charge in [0.05, 0.1) is 6.20 Å². The fourth-order valence-electron chi connectivity index (χ4n) is 0.803. The van der Waals surface area contributed by atoms with Crippen LogP contribution in [0.15, 0.2) is 12.5 Å².